The Bertz CT molecular complexity index is 1240. The number of hydrogen-bond acceptors (Lipinski definition) is 4. The van der Waals surface area contributed by atoms with Crippen LogP contribution in [0.3, 0.4) is 0 Å². The van der Waals surface area contributed by atoms with Crippen LogP contribution in [0.5, 0.6) is 0 Å². The first-order valence-electron chi connectivity index (χ1n) is 10.3. The zero-order chi connectivity index (χ0) is 25.8. The van der Waals surface area contributed by atoms with Gasteiger partial charge in [0, 0.05) is 5.56 Å². The molecule has 1 unspecified atom stereocenters. The zero-order valence-corrected chi connectivity index (χ0v) is 19.3. The molecule has 1 atom stereocenters. The highest BCUT2D eigenvalue weighted by molar-refractivity contribution is 6.31. The molecular weight excluding hydrogens is 488 g/mol. The number of pyridine rings is 1. The monoisotopic (exact) mass is 508 g/mol. The number of benzene rings is 2. The van der Waals surface area contributed by atoms with Gasteiger partial charge in [-0.25, -0.2) is 14.2 Å². The van der Waals surface area contributed by atoms with Gasteiger partial charge in [-0.05, 0) is 48.4 Å². The Balaban J connectivity index is 1.99. The van der Waals surface area contributed by atoms with Crippen LogP contribution in [0.2, 0.25) is 5.02 Å². The highest BCUT2D eigenvalue weighted by atomic mass is 35.5. The summed E-state index contributed by atoms with van der Waals surface area (Å²) in [6.45, 7) is 3.76. The number of alkyl carbamates (subject to hydrolysis) is 1. The predicted molar refractivity (Wildman–Crippen MR) is 124 cm³/mol. The van der Waals surface area contributed by atoms with Crippen molar-refractivity contribution in [3.05, 3.63) is 94.9 Å². The molecule has 0 saturated carbocycles. The number of rotatable bonds is 7. The van der Waals surface area contributed by atoms with E-state index in [1.165, 1.54) is 25.1 Å². The number of ether oxygens (including phenoxy) is 1. The lowest BCUT2D eigenvalue weighted by atomic mass is 9.90. The molecule has 0 saturated heterocycles. The number of nitrogens with one attached hydrogen (secondary N) is 1. The lowest BCUT2D eigenvalue weighted by Gasteiger charge is -2.30. The minimum atomic E-state index is -4.79. The van der Waals surface area contributed by atoms with E-state index in [9.17, 15) is 27.5 Å². The standard InChI is InChI=1S/C25H21ClF4N2O3/c1-15(25(28,29)30)21-11-18(12-22(31-21)17-8-9-20(27)19(26)10-17)24(2,14-33)32-23(34)35-13-16-6-4-3-5-7-16/h3-12,33H,1,13-14H2,2H3,(H,32,34). The SMILES string of the molecule is C=C(c1cc(C(C)(CO)NC(=O)OCc2ccccc2)cc(-c2ccc(F)c(Cl)c2)n1)C(F)(F)F. The highest BCUT2D eigenvalue weighted by Crippen LogP contribution is 2.35. The maximum atomic E-state index is 13.6. The molecule has 1 aromatic heterocycles. The second-order valence-electron chi connectivity index (χ2n) is 7.91. The van der Waals surface area contributed by atoms with Gasteiger partial charge in [-0.1, -0.05) is 48.5 Å². The zero-order valence-electron chi connectivity index (χ0n) is 18.5. The smallest absolute Gasteiger partial charge is 0.417 e. The number of amides is 1. The first kappa shape index (κ1) is 26.2. The average Bonchev–Trinajstić information content (AvgIpc) is 2.83. The molecule has 0 radical (unpaired) electrons. The average molecular weight is 509 g/mol. The summed E-state index contributed by atoms with van der Waals surface area (Å²) in [5.41, 5.74) is -2.30. The molecule has 5 nitrogen and oxygen atoms in total. The number of aliphatic hydroxyl groups is 1. The largest absolute Gasteiger partial charge is 0.445 e. The van der Waals surface area contributed by atoms with E-state index in [4.69, 9.17) is 16.3 Å². The lowest BCUT2D eigenvalue weighted by Crippen LogP contribution is -2.46. The summed E-state index contributed by atoms with van der Waals surface area (Å²) in [7, 11) is 0. The van der Waals surface area contributed by atoms with Crippen molar-refractivity contribution in [1.82, 2.24) is 10.3 Å². The number of alkyl halides is 3. The highest BCUT2D eigenvalue weighted by Gasteiger charge is 2.36. The molecule has 2 N–H and O–H groups in total. The molecule has 10 heteroatoms. The fourth-order valence-electron chi connectivity index (χ4n) is 3.14. The van der Waals surface area contributed by atoms with Crippen molar-refractivity contribution < 1.29 is 32.2 Å². The van der Waals surface area contributed by atoms with Gasteiger partial charge in [0.2, 0.25) is 0 Å². The van der Waals surface area contributed by atoms with Crippen molar-refractivity contribution in [2.45, 2.75) is 25.2 Å². The van der Waals surface area contributed by atoms with Crippen LogP contribution in [0.1, 0.15) is 23.7 Å². The van der Waals surface area contributed by atoms with E-state index >= 15 is 0 Å². The van der Waals surface area contributed by atoms with Crippen molar-refractivity contribution in [2.75, 3.05) is 6.61 Å². The van der Waals surface area contributed by atoms with E-state index in [-0.39, 0.29) is 28.5 Å². The molecule has 3 aromatic rings. The van der Waals surface area contributed by atoms with Crippen LogP contribution in [-0.2, 0) is 16.9 Å². The van der Waals surface area contributed by atoms with Gasteiger partial charge in [-0.2, -0.15) is 13.2 Å². The van der Waals surface area contributed by atoms with Crippen LogP contribution in [-0.4, -0.2) is 29.0 Å². The Labute approximate surface area is 204 Å². The lowest BCUT2D eigenvalue weighted by molar-refractivity contribution is -0.0689. The quantitative estimate of drug-likeness (QED) is 0.370. The van der Waals surface area contributed by atoms with Crippen molar-refractivity contribution in [3.8, 4) is 11.3 Å². The molecule has 1 heterocycles. The van der Waals surface area contributed by atoms with Crippen molar-refractivity contribution in [1.29, 1.82) is 0 Å². The van der Waals surface area contributed by atoms with Crippen molar-refractivity contribution in [3.63, 3.8) is 0 Å². The Morgan fingerprint density at radius 2 is 1.83 bits per heavy atom. The predicted octanol–water partition coefficient (Wildman–Crippen LogP) is 6.25. The molecule has 0 spiro atoms. The summed E-state index contributed by atoms with van der Waals surface area (Å²) >= 11 is 5.84. The van der Waals surface area contributed by atoms with Gasteiger partial charge in [0.05, 0.1) is 34.1 Å². The van der Waals surface area contributed by atoms with E-state index in [0.717, 1.165) is 17.7 Å². The van der Waals surface area contributed by atoms with Crippen LogP contribution in [0.4, 0.5) is 22.4 Å². The number of carbonyl (C=O) groups is 1. The van der Waals surface area contributed by atoms with E-state index in [0.29, 0.717) is 0 Å². The van der Waals surface area contributed by atoms with Crippen LogP contribution in [0.15, 0.2) is 67.2 Å². The first-order chi connectivity index (χ1) is 16.4. The van der Waals surface area contributed by atoms with Gasteiger partial charge in [-0.3, -0.25) is 0 Å². The Morgan fingerprint density at radius 3 is 2.43 bits per heavy atom. The summed E-state index contributed by atoms with van der Waals surface area (Å²) < 4.78 is 59.1. The van der Waals surface area contributed by atoms with Gasteiger partial charge >= 0.3 is 12.3 Å². The summed E-state index contributed by atoms with van der Waals surface area (Å²) in [4.78, 5) is 16.5. The summed E-state index contributed by atoms with van der Waals surface area (Å²) in [6, 6.07) is 14.8. The fourth-order valence-corrected chi connectivity index (χ4v) is 3.32. The third-order valence-corrected chi connectivity index (χ3v) is 5.53. The molecule has 184 valence electrons. The second kappa shape index (κ2) is 10.5. The summed E-state index contributed by atoms with van der Waals surface area (Å²) in [5.74, 6) is -0.713. The Morgan fingerprint density at radius 1 is 1.14 bits per heavy atom. The van der Waals surface area contributed by atoms with Crippen LogP contribution >= 0.6 is 11.6 Å². The first-order valence-corrected chi connectivity index (χ1v) is 10.6. The van der Waals surface area contributed by atoms with Crippen molar-refractivity contribution >= 4 is 23.3 Å². The van der Waals surface area contributed by atoms with Crippen LogP contribution in [0, 0.1) is 5.82 Å². The van der Waals surface area contributed by atoms with Crippen LogP contribution in [0.25, 0.3) is 16.8 Å². The molecule has 0 fully saturated rings. The molecule has 0 aliphatic heterocycles. The van der Waals surface area contributed by atoms with E-state index in [1.54, 1.807) is 30.3 Å². The number of allylic oxidation sites excluding steroid dienone is 1. The maximum Gasteiger partial charge on any atom is 0.417 e. The van der Waals surface area contributed by atoms with E-state index < -0.39 is 41.5 Å². The molecular formula is C25H21ClF4N2O3. The molecule has 0 bridgehead atoms. The molecule has 0 aliphatic carbocycles. The molecule has 3 rings (SSSR count). The number of aromatic nitrogens is 1. The maximum absolute atomic E-state index is 13.6. The molecule has 2 aromatic carbocycles. The molecule has 1 amide bonds. The third-order valence-electron chi connectivity index (χ3n) is 5.24. The van der Waals surface area contributed by atoms with Gasteiger partial charge in [0.15, 0.2) is 0 Å². The topological polar surface area (TPSA) is 71.5 Å². The number of nitrogens with zero attached hydrogens (tertiary/aromatic N) is 1. The summed E-state index contributed by atoms with van der Waals surface area (Å²) in [5, 5.41) is 12.3. The number of aliphatic hydroxyl groups excluding tert-OH is 1. The molecule has 35 heavy (non-hydrogen) atoms. The van der Waals surface area contributed by atoms with Gasteiger partial charge in [-0.15, -0.1) is 0 Å². The Kier molecular flexibility index (Phi) is 7.82. The van der Waals surface area contributed by atoms with Crippen molar-refractivity contribution in [2.24, 2.45) is 0 Å². The third kappa shape index (κ3) is 6.37. The second-order valence-corrected chi connectivity index (χ2v) is 8.32. The number of carbonyl (C=O) groups excluding carboxylic acids is 1. The Hall–Kier alpha value is -3.43. The fraction of sp³-hybridized carbons (Fsp3) is 0.200. The van der Waals surface area contributed by atoms with Gasteiger partial charge in [0.25, 0.3) is 0 Å². The molecule has 0 aliphatic rings. The minimum Gasteiger partial charge on any atom is -0.445 e. The van der Waals surface area contributed by atoms with Gasteiger partial charge in [0.1, 0.15) is 12.4 Å². The van der Waals surface area contributed by atoms with E-state index in [2.05, 4.69) is 16.9 Å². The normalized spacial score (nSPS) is 13.1. The van der Waals surface area contributed by atoms with Crippen LogP contribution < -0.4 is 5.32 Å². The summed E-state index contributed by atoms with van der Waals surface area (Å²) in [6.07, 6.45) is -5.69. The number of halogens is 5. The number of hydrogen-bond donors (Lipinski definition) is 2. The van der Waals surface area contributed by atoms with E-state index in [1.807, 2.05) is 0 Å². The minimum absolute atomic E-state index is 0.00364. The van der Waals surface area contributed by atoms with Gasteiger partial charge < -0.3 is 15.2 Å².